The van der Waals surface area contributed by atoms with Gasteiger partial charge in [0.1, 0.15) is 5.82 Å². The molecule has 1 aliphatic heterocycles. The molecule has 1 heterocycles. The Kier molecular flexibility index (Phi) is 6.47. The van der Waals surface area contributed by atoms with E-state index in [-0.39, 0.29) is 16.1 Å². The van der Waals surface area contributed by atoms with E-state index in [0.29, 0.717) is 18.8 Å². The molecule has 9 heteroatoms. The number of piperazine rings is 1. The van der Waals surface area contributed by atoms with Crippen LogP contribution in [-0.4, -0.2) is 45.7 Å². The lowest BCUT2D eigenvalue weighted by Gasteiger charge is -2.38. The summed E-state index contributed by atoms with van der Waals surface area (Å²) in [7, 11) is -4.06. The van der Waals surface area contributed by atoms with Crippen LogP contribution < -0.4 is 14.5 Å². The van der Waals surface area contributed by atoms with Crippen molar-refractivity contribution < 1.29 is 22.7 Å². The summed E-state index contributed by atoms with van der Waals surface area (Å²) in [5.74, 6) is -1.83. The van der Waals surface area contributed by atoms with Crippen LogP contribution in [0.4, 0.5) is 21.5 Å². The minimum absolute atomic E-state index is 0.000344. The highest BCUT2D eigenvalue weighted by Gasteiger charge is 2.24. The summed E-state index contributed by atoms with van der Waals surface area (Å²) >= 11 is 0. The molecule has 3 aromatic carbocycles. The van der Waals surface area contributed by atoms with Gasteiger partial charge in [-0.25, -0.2) is 17.6 Å². The number of halogens is 1. The molecule has 0 radical (unpaired) electrons. The summed E-state index contributed by atoms with van der Waals surface area (Å²) in [5.41, 5.74) is 4.27. The first-order valence-electron chi connectivity index (χ1n) is 10.9. The van der Waals surface area contributed by atoms with E-state index in [1.807, 2.05) is 11.0 Å². The SMILES string of the molecule is Cc1cccc(N2CCN(c3ccc(NS(=O)(=O)c4cccc(F)c4)cc3C(=O)O)CC2)c1C. The molecule has 7 nitrogen and oxygen atoms in total. The van der Waals surface area contributed by atoms with E-state index in [1.165, 1.54) is 41.1 Å². The summed E-state index contributed by atoms with van der Waals surface area (Å²) in [6.45, 7) is 6.90. The maximum absolute atomic E-state index is 13.5. The van der Waals surface area contributed by atoms with Crippen LogP contribution in [-0.2, 0) is 10.0 Å². The monoisotopic (exact) mass is 483 g/mol. The van der Waals surface area contributed by atoms with E-state index in [1.54, 1.807) is 6.07 Å². The summed E-state index contributed by atoms with van der Waals surface area (Å²) in [6, 6.07) is 15.3. The molecule has 0 spiro atoms. The molecule has 0 amide bonds. The Balaban J connectivity index is 1.54. The van der Waals surface area contributed by atoms with Crippen LogP contribution in [0.5, 0.6) is 0 Å². The summed E-state index contributed by atoms with van der Waals surface area (Å²) < 4.78 is 41.0. The first kappa shape index (κ1) is 23.6. The first-order chi connectivity index (χ1) is 16.2. The van der Waals surface area contributed by atoms with Gasteiger partial charge < -0.3 is 14.9 Å². The highest BCUT2D eigenvalue weighted by Crippen LogP contribution is 2.29. The number of nitrogens with one attached hydrogen (secondary N) is 1. The molecule has 0 aromatic heterocycles. The van der Waals surface area contributed by atoms with Crippen LogP contribution in [0.1, 0.15) is 21.5 Å². The fourth-order valence-corrected chi connectivity index (χ4v) is 5.24. The zero-order chi connectivity index (χ0) is 24.5. The van der Waals surface area contributed by atoms with Crippen molar-refractivity contribution in [1.29, 1.82) is 0 Å². The van der Waals surface area contributed by atoms with Crippen molar-refractivity contribution in [3.63, 3.8) is 0 Å². The van der Waals surface area contributed by atoms with Gasteiger partial charge in [-0.15, -0.1) is 0 Å². The number of aryl methyl sites for hydroxylation is 1. The number of carboxylic acids is 1. The third-order valence-electron chi connectivity index (χ3n) is 6.12. The fraction of sp³-hybridized carbons (Fsp3) is 0.240. The van der Waals surface area contributed by atoms with Gasteiger partial charge in [0.25, 0.3) is 10.0 Å². The Bertz CT molecular complexity index is 1340. The lowest BCUT2D eigenvalue weighted by atomic mass is 10.1. The molecule has 0 bridgehead atoms. The van der Waals surface area contributed by atoms with Crippen LogP contribution in [0.25, 0.3) is 0 Å². The average Bonchev–Trinajstić information content (AvgIpc) is 2.81. The van der Waals surface area contributed by atoms with Crippen molar-refractivity contribution in [1.82, 2.24) is 0 Å². The normalized spacial score (nSPS) is 14.2. The highest BCUT2D eigenvalue weighted by atomic mass is 32.2. The van der Waals surface area contributed by atoms with Crippen LogP contribution in [0.2, 0.25) is 0 Å². The predicted octanol–water partition coefficient (Wildman–Crippen LogP) is 4.27. The highest BCUT2D eigenvalue weighted by molar-refractivity contribution is 7.92. The molecular formula is C25H26FN3O4S. The molecule has 0 aliphatic carbocycles. The van der Waals surface area contributed by atoms with Crippen molar-refractivity contribution in [2.45, 2.75) is 18.7 Å². The number of anilines is 3. The maximum atomic E-state index is 13.5. The van der Waals surface area contributed by atoms with E-state index in [9.17, 15) is 22.7 Å². The van der Waals surface area contributed by atoms with E-state index < -0.39 is 21.8 Å². The van der Waals surface area contributed by atoms with E-state index >= 15 is 0 Å². The Morgan fingerprint density at radius 3 is 2.21 bits per heavy atom. The van der Waals surface area contributed by atoms with E-state index in [0.717, 1.165) is 25.2 Å². The van der Waals surface area contributed by atoms with E-state index in [4.69, 9.17) is 0 Å². The van der Waals surface area contributed by atoms with Crippen LogP contribution >= 0.6 is 0 Å². The number of hydrogen-bond acceptors (Lipinski definition) is 5. The van der Waals surface area contributed by atoms with Crippen LogP contribution in [0, 0.1) is 19.7 Å². The molecule has 34 heavy (non-hydrogen) atoms. The van der Waals surface area contributed by atoms with Gasteiger partial charge in [-0.3, -0.25) is 4.72 Å². The van der Waals surface area contributed by atoms with Crippen molar-refractivity contribution in [3.8, 4) is 0 Å². The number of carboxylic acid groups (broad SMARTS) is 1. The first-order valence-corrected chi connectivity index (χ1v) is 12.4. The number of carbonyl (C=O) groups is 1. The molecule has 4 rings (SSSR count). The van der Waals surface area contributed by atoms with Gasteiger partial charge >= 0.3 is 5.97 Å². The Labute approximate surface area is 198 Å². The molecule has 0 saturated carbocycles. The number of benzene rings is 3. The van der Waals surface area contributed by atoms with Gasteiger partial charge in [-0.05, 0) is 67.4 Å². The van der Waals surface area contributed by atoms with Gasteiger partial charge in [0.05, 0.1) is 16.1 Å². The zero-order valence-electron chi connectivity index (χ0n) is 19.0. The average molecular weight is 484 g/mol. The van der Waals surface area contributed by atoms with Crippen molar-refractivity contribution in [2.75, 3.05) is 40.7 Å². The van der Waals surface area contributed by atoms with Crippen LogP contribution in [0.3, 0.4) is 0 Å². The van der Waals surface area contributed by atoms with Gasteiger partial charge in [-0.1, -0.05) is 18.2 Å². The third kappa shape index (κ3) is 4.84. The van der Waals surface area contributed by atoms with Crippen molar-refractivity contribution in [3.05, 3.63) is 83.2 Å². The number of sulfonamides is 1. The smallest absolute Gasteiger partial charge is 0.337 e. The molecule has 1 fully saturated rings. The second kappa shape index (κ2) is 9.34. The Morgan fingerprint density at radius 2 is 1.56 bits per heavy atom. The number of rotatable bonds is 6. The second-order valence-electron chi connectivity index (χ2n) is 8.29. The Morgan fingerprint density at radius 1 is 0.912 bits per heavy atom. The lowest BCUT2D eigenvalue weighted by Crippen LogP contribution is -2.47. The predicted molar refractivity (Wildman–Crippen MR) is 131 cm³/mol. The van der Waals surface area contributed by atoms with Gasteiger partial charge in [0, 0.05) is 37.6 Å². The zero-order valence-corrected chi connectivity index (χ0v) is 19.8. The lowest BCUT2D eigenvalue weighted by molar-refractivity contribution is 0.0697. The van der Waals surface area contributed by atoms with E-state index in [2.05, 4.69) is 35.6 Å². The summed E-state index contributed by atoms with van der Waals surface area (Å²) in [6.07, 6.45) is 0. The fourth-order valence-electron chi connectivity index (χ4n) is 4.16. The molecule has 0 atom stereocenters. The Hall–Kier alpha value is -3.59. The number of nitrogens with zero attached hydrogens (tertiary/aromatic N) is 2. The summed E-state index contributed by atoms with van der Waals surface area (Å²) in [4.78, 5) is 16.0. The van der Waals surface area contributed by atoms with Gasteiger partial charge in [-0.2, -0.15) is 0 Å². The van der Waals surface area contributed by atoms with Crippen LogP contribution in [0.15, 0.2) is 65.6 Å². The quantitative estimate of drug-likeness (QED) is 0.544. The molecule has 1 saturated heterocycles. The van der Waals surface area contributed by atoms with Gasteiger partial charge in [0.15, 0.2) is 0 Å². The molecule has 3 aromatic rings. The standard InChI is InChI=1S/C25H26FN3O4S/c1-17-5-3-8-23(18(17)2)28-11-13-29(14-12-28)24-10-9-20(16-22(24)25(30)31)27-34(32,33)21-7-4-6-19(26)15-21/h3-10,15-16,27H,11-14H2,1-2H3,(H,30,31). The molecular weight excluding hydrogens is 457 g/mol. The molecule has 0 unspecified atom stereocenters. The van der Waals surface area contributed by atoms with Crippen molar-refractivity contribution >= 4 is 33.1 Å². The number of aromatic carboxylic acids is 1. The second-order valence-corrected chi connectivity index (χ2v) is 9.98. The third-order valence-corrected chi connectivity index (χ3v) is 7.50. The largest absolute Gasteiger partial charge is 0.478 e. The minimum atomic E-state index is -4.06. The molecule has 2 N–H and O–H groups in total. The minimum Gasteiger partial charge on any atom is -0.478 e. The molecule has 178 valence electrons. The van der Waals surface area contributed by atoms with Crippen molar-refractivity contribution in [2.24, 2.45) is 0 Å². The maximum Gasteiger partial charge on any atom is 0.337 e. The molecule has 1 aliphatic rings. The summed E-state index contributed by atoms with van der Waals surface area (Å²) in [5, 5.41) is 9.81. The van der Waals surface area contributed by atoms with Gasteiger partial charge in [0.2, 0.25) is 0 Å². The topological polar surface area (TPSA) is 90.0 Å². The number of hydrogen-bond donors (Lipinski definition) is 2.